The zero-order valence-electron chi connectivity index (χ0n) is 15.9. The van der Waals surface area contributed by atoms with Gasteiger partial charge in [0.1, 0.15) is 5.75 Å². The van der Waals surface area contributed by atoms with Gasteiger partial charge in [0.15, 0.2) is 0 Å². The van der Waals surface area contributed by atoms with Crippen molar-refractivity contribution in [2.75, 3.05) is 6.54 Å². The molecule has 142 valence electrons. The minimum atomic E-state index is -0.407. The smallest absolute Gasteiger partial charge is 0.316 e. The number of amides is 1. The first-order chi connectivity index (χ1) is 12.9. The van der Waals surface area contributed by atoms with Gasteiger partial charge in [0.2, 0.25) is 5.82 Å². The van der Waals surface area contributed by atoms with Crippen LogP contribution in [0, 0.1) is 13.8 Å². The Morgan fingerprint density at radius 3 is 2.63 bits per heavy atom. The SMILES string of the molecule is Cc1cc(C)n(CCNC(=O)c2nc(-c3ccc(OC(C)C)cc3)no2)n1. The second-order valence-corrected chi connectivity index (χ2v) is 6.52. The number of nitrogens with zero attached hydrogens (tertiary/aromatic N) is 4. The first-order valence-electron chi connectivity index (χ1n) is 8.82. The molecule has 1 amide bonds. The standard InChI is InChI=1S/C19H23N5O3/c1-12(2)26-16-7-5-15(6-8-16)17-21-19(27-23-17)18(25)20-9-10-24-14(4)11-13(3)22-24/h5-8,11-12H,9-10H2,1-4H3,(H,20,25). The van der Waals surface area contributed by atoms with E-state index in [1.165, 1.54) is 0 Å². The largest absolute Gasteiger partial charge is 0.491 e. The van der Waals surface area contributed by atoms with E-state index in [0.29, 0.717) is 18.9 Å². The molecular weight excluding hydrogens is 346 g/mol. The molecule has 0 saturated heterocycles. The van der Waals surface area contributed by atoms with Gasteiger partial charge in [-0.25, -0.2) is 0 Å². The van der Waals surface area contributed by atoms with E-state index in [1.807, 2.05) is 62.7 Å². The van der Waals surface area contributed by atoms with Gasteiger partial charge < -0.3 is 14.6 Å². The molecule has 3 aromatic rings. The van der Waals surface area contributed by atoms with Crippen LogP contribution in [0.15, 0.2) is 34.9 Å². The normalized spacial score (nSPS) is 11.0. The molecule has 0 saturated carbocycles. The van der Waals surface area contributed by atoms with Gasteiger partial charge in [-0.3, -0.25) is 9.48 Å². The molecule has 3 rings (SSSR count). The second-order valence-electron chi connectivity index (χ2n) is 6.52. The van der Waals surface area contributed by atoms with E-state index < -0.39 is 5.91 Å². The van der Waals surface area contributed by atoms with Crippen molar-refractivity contribution in [3.05, 3.63) is 47.6 Å². The highest BCUT2D eigenvalue weighted by Gasteiger charge is 2.16. The minimum absolute atomic E-state index is 0.0686. The molecule has 0 aliphatic heterocycles. The summed E-state index contributed by atoms with van der Waals surface area (Å²) in [5.41, 5.74) is 2.74. The summed E-state index contributed by atoms with van der Waals surface area (Å²) in [4.78, 5) is 16.4. The van der Waals surface area contributed by atoms with Gasteiger partial charge in [0, 0.05) is 17.8 Å². The Balaban J connectivity index is 1.58. The van der Waals surface area contributed by atoms with Crippen molar-refractivity contribution in [3.8, 4) is 17.1 Å². The Morgan fingerprint density at radius 1 is 1.26 bits per heavy atom. The third-order valence-electron chi connectivity index (χ3n) is 3.82. The molecule has 2 aromatic heterocycles. The average Bonchev–Trinajstić information content (AvgIpc) is 3.22. The number of ether oxygens (including phenoxy) is 1. The van der Waals surface area contributed by atoms with E-state index in [-0.39, 0.29) is 12.0 Å². The van der Waals surface area contributed by atoms with Gasteiger partial charge in [-0.05, 0) is 58.0 Å². The predicted octanol–water partition coefficient (Wildman–Crippen LogP) is 2.77. The third-order valence-corrected chi connectivity index (χ3v) is 3.82. The van der Waals surface area contributed by atoms with Crippen LogP contribution in [0.4, 0.5) is 0 Å². The number of carbonyl (C=O) groups excluding carboxylic acids is 1. The Kier molecular flexibility index (Phi) is 5.54. The van der Waals surface area contributed by atoms with E-state index in [1.54, 1.807) is 0 Å². The van der Waals surface area contributed by atoms with Gasteiger partial charge >= 0.3 is 11.8 Å². The van der Waals surface area contributed by atoms with Crippen LogP contribution in [0.3, 0.4) is 0 Å². The monoisotopic (exact) mass is 369 g/mol. The minimum Gasteiger partial charge on any atom is -0.491 e. The highest BCUT2D eigenvalue weighted by atomic mass is 16.5. The van der Waals surface area contributed by atoms with E-state index in [9.17, 15) is 4.79 Å². The summed E-state index contributed by atoms with van der Waals surface area (Å²) in [6, 6.07) is 9.31. The summed E-state index contributed by atoms with van der Waals surface area (Å²) in [5.74, 6) is 0.644. The van der Waals surface area contributed by atoms with Gasteiger partial charge in [-0.2, -0.15) is 10.1 Å². The number of hydrogen-bond donors (Lipinski definition) is 1. The van der Waals surface area contributed by atoms with Crippen LogP contribution in [-0.4, -0.2) is 38.5 Å². The Bertz CT molecular complexity index is 912. The van der Waals surface area contributed by atoms with Crippen molar-refractivity contribution < 1.29 is 14.1 Å². The average molecular weight is 369 g/mol. The van der Waals surface area contributed by atoms with Crippen molar-refractivity contribution in [2.24, 2.45) is 0 Å². The van der Waals surface area contributed by atoms with Crippen LogP contribution >= 0.6 is 0 Å². The van der Waals surface area contributed by atoms with Crippen LogP contribution < -0.4 is 10.1 Å². The van der Waals surface area contributed by atoms with E-state index in [2.05, 4.69) is 20.6 Å². The summed E-state index contributed by atoms with van der Waals surface area (Å²) < 4.78 is 12.5. The Hall–Kier alpha value is -3.16. The molecule has 27 heavy (non-hydrogen) atoms. The maximum atomic E-state index is 12.2. The Labute approximate surface area is 157 Å². The van der Waals surface area contributed by atoms with Crippen LogP contribution in [0.25, 0.3) is 11.4 Å². The summed E-state index contributed by atoms with van der Waals surface area (Å²) >= 11 is 0. The first kappa shape index (κ1) is 18.6. The highest BCUT2D eigenvalue weighted by molar-refractivity contribution is 5.89. The maximum Gasteiger partial charge on any atom is 0.316 e. The topological polar surface area (TPSA) is 95.1 Å². The van der Waals surface area contributed by atoms with Gasteiger partial charge in [0.05, 0.1) is 18.3 Å². The molecule has 0 bridgehead atoms. The third kappa shape index (κ3) is 4.72. The molecule has 1 N–H and O–H groups in total. The summed E-state index contributed by atoms with van der Waals surface area (Å²) in [6.07, 6.45) is 0.103. The fraction of sp³-hybridized carbons (Fsp3) is 0.368. The second kappa shape index (κ2) is 8.03. The van der Waals surface area contributed by atoms with Crippen LogP contribution in [-0.2, 0) is 6.54 Å². The number of nitrogens with one attached hydrogen (secondary N) is 1. The zero-order valence-corrected chi connectivity index (χ0v) is 15.9. The number of hydrogen-bond acceptors (Lipinski definition) is 6. The van der Waals surface area contributed by atoms with Gasteiger partial charge in [-0.1, -0.05) is 5.16 Å². The maximum absolute atomic E-state index is 12.2. The number of aromatic nitrogens is 4. The van der Waals surface area contributed by atoms with E-state index >= 15 is 0 Å². The van der Waals surface area contributed by atoms with Gasteiger partial charge in [-0.15, -0.1) is 0 Å². The number of benzene rings is 1. The highest BCUT2D eigenvalue weighted by Crippen LogP contribution is 2.20. The molecule has 8 nitrogen and oxygen atoms in total. The predicted molar refractivity (Wildman–Crippen MR) is 99.5 cm³/mol. The molecule has 0 atom stereocenters. The fourth-order valence-electron chi connectivity index (χ4n) is 2.64. The molecule has 1 aromatic carbocycles. The number of rotatable bonds is 7. The van der Waals surface area contributed by atoms with Crippen molar-refractivity contribution in [1.82, 2.24) is 25.2 Å². The first-order valence-corrected chi connectivity index (χ1v) is 8.82. The zero-order chi connectivity index (χ0) is 19.4. The number of aryl methyl sites for hydroxylation is 2. The molecule has 0 spiro atoms. The molecule has 0 aliphatic rings. The van der Waals surface area contributed by atoms with Crippen LogP contribution in [0.5, 0.6) is 5.75 Å². The van der Waals surface area contributed by atoms with Crippen LogP contribution in [0.1, 0.15) is 35.9 Å². The van der Waals surface area contributed by atoms with E-state index in [0.717, 1.165) is 22.7 Å². The molecule has 0 aliphatic carbocycles. The van der Waals surface area contributed by atoms with Gasteiger partial charge in [0.25, 0.3) is 0 Å². The molecule has 0 radical (unpaired) electrons. The summed E-state index contributed by atoms with van der Waals surface area (Å²) in [5, 5.41) is 11.0. The lowest BCUT2D eigenvalue weighted by atomic mass is 10.2. The Morgan fingerprint density at radius 2 is 2.00 bits per heavy atom. The van der Waals surface area contributed by atoms with Crippen LogP contribution in [0.2, 0.25) is 0 Å². The molecule has 0 unspecified atom stereocenters. The summed E-state index contributed by atoms with van der Waals surface area (Å²) in [6.45, 7) is 8.83. The lowest BCUT2D eigenvalue weighted by Crippen LogP contribution is -2.28. The molecule has 8 heteroatoms. The molecular formula is C19H23N5O3. The van der Waals surface area contributed by atoms with Crippen molar-refractivity contribution in [2.45, 2.75) is 40.3 Å². The summed E-state index contributed by atoms with van der Waals surface area (Å²) in [7, 11) is 0. The number of carbonyl (C=O) groups is 1. The fourth-order valence-corrected chi connectivity index (χ4v) is 2.64. The van der Waals surface area contributed by atoms with E-state index in [4.69, 9.17) is 9.26 Å². The molecule has 2 heterocycles. The molecule has 0 fully saturated rings. The van der Waals surface area contributed by atoms with Crippen molar-refractivity contribution >= 4 is 5.91 Å². The lowest BCUT2D eigenvalue weighted by Gasteiger charge is -2.09. The van der Waals surface area contributed by atoms with Crippen molar-refractivity contribution in [1.29, 1.82) is 0 Å². The quantitative estimate of drug-likeness (QED) is 0.688. The van der Waals surface area contributed by atoms with Crippen molar-refractivity contribution in [3.63, 3.8) is 0 Å². The lowest BCUT2D eigenvalue weighted by molar-refractivity contribution is 0.0908.